The van der Waals surface area contributed by atoms with Crippen molar-refractivity contribution < 1.29 is 14.3 Å². The van der Waals surface area contributed by atoms with E-state index < -0.39 is 5.25 Å². The third-order valence-corrected chi connectivity index (χ3v) is 6.99. The number of benzene rings is 2. The Bertz CT molecular complexity index is 1070. The lowest BCUT2D eigenvalue weighted by atomic mass is 10.1. The maximum absolute atomic E-state index is 12.8. The number of rotatable bonds is 7. The van der Waals surface area contributed by atoms with Crippen LogP contribution in [0, 0.1) is 6.92 Å². The lowest BCUT2D eigenvalue weighted by Crippen LogP contribution is -2.17. The first-order chi connectivity index (χ1) is 14.4. The molecule has 0 bridgehead atoms. The Hall–Kier alpha value is -2.35. The first kappa shape index (κ1) is 22.3. The molecule has 0 radical (unpaired) electrons. The van der Waals surface area contributed by atoms with Gasteiger partial charge in [-0.05, 0) is 37.1 Å². The van der Waals surface area contributed by atoms with Gasteiger partial charge in [0.05, 0.1) is 12.7 Å². The number of halogens is 1. The number of carbonyl (C=O) groups is 2. The van der Waals surface area contributed by atoms with Crippen molar-refractivity contribution in [2.24, 2.45) is 0 Å². The van der Waals surface area contributed by atoms with Crippen molar-refractivity contribution in [3.63, 3.8) is 0 Å². The number of nitrogens with one attached hydrogen (secondary N) is 1. The van der Waals surface area contributed by atoms with Crippen molar-refractivity contribution in [1.82, 2.24) is 4.98 Å². The maximum atomic E-state index is 12.8. The number of carbonyl (C=O) groups excluding carboxylic acids is 2. The van der Waals surface area contributed by atoms with Gasteiger partial charge in [0, 0.05) is 27.4 Å². The molecule has 1 heterocycles. The van der Waals surface area contributed by atoms with Gasteiger partial charge in [-0.25, -0.2) is 4.98 Å². The maximum Gasteiger partial charge on any atom is 0.318 e. The number of thioether (sulfide) groups is 1. The zero-order chi connectivity index (χ0) is 21.7. The van der Waals surface area contributed by atoms with E-state index in [2.05, 4.69) is 10.3 Å². The van der Waals surface area contributed by atoms with Gasteiger partial charge < -0.3 is 4.74 Å². The predicted octanol–water partition coefficient (Wildman–Crippen LogP) is 5.60. The van der Waals surface area contributed by atoms with Gasteiger partial charge in [-0.3, -0.25) is 14.9 Å². The van der Waals surface area contributed by atoms with Crippen molar-refractivity contribution in [1.29, 1.82) is 0 Å². The fourth-order valence-corrected chi connectivity index (χ4v) is 4.85. The number of esters is 1. The summed E-state index contributed by atoms with van der Waals surface area (Å²) in [6, 6.07) is 13.1. The summed E-state index contributed by atoms with van der Waals surface area (Å²) in [5.41, 5.74) is 2.54. The van der Waals surface area contributed by atoms with Crippen molar-refractivity contribution in [2.75, 3.05) is 12.4 Å². The minimum absolute atomic E-state index is 0.273. The smallest absolute Gasteiger partial charge is 0.318 e. The Kier molecular flexibility index (Phi) is 7.53. The molecule has 3 rings (SSSR count). The van der Waals surface area contributed by atoms with Gasteiger partial charge in [0.2, 0.25) is 0 Å². The predicted molar refractivity (Wildman–Crippen MR) is 123 cm³/mol. The van der Waals surface area contributed by atoms with E-state index >= 15 is 0 Å². The molecule has 0 fully saturated rings. The zero-order valence-electron chi connectivity index (χ0n) is 16.8. The lowest BCUT2D eigenvalue weighted by molar-refractivity contribution is -0.139. The quantitative estimate of drug-likeness (QED) is 0.367. The van der Waals surface area contributed by atoms with Gasteiger partial charge in [0.1, 0.15) is 5.25 Å². The van der Waals surface area contributed by atoms with Gasteiger partial charge in [-0.15, -0.1) is 23.1 Å². The molecule has 0 spiro atoms. The number of ether oxygens (including phenoxy) is 1. The van der Waals surface area contributed by atoms with E-state index in [0.717, 1.165) is 21.0 Å². The molecule has 0 saturated carbocycles. The van der Waals surface area contributed by atoms with Crippen LogP contribution < -0.4 is 5.32 Å². The van der Waals surface area contributed by atoms with Crippen LogP contribution in [0.1, 0.15) is 33.3 Å². The second-order valence-corrected chi connectivity index (χ2v) is 9.47. The van der Waals surface area contributed by atoms with Crippen LogP contribution >= 0.6 is 34.7 Å². The van der Waals surface area contributed by atoms with Crippen LogP contribution in [0.15, 0.2) is 53.6 Å². The lowest BCUT2D eigenvalue weighted by Gasteiger charge is -2.12. The molecular formula is C22H21ClN2O3S2. The van der Waals surface area contributed by atoms with E-state index in [-0.39, 0.29) is 11.9 Å². The summed E-state index contributed by atoms with van der Waals surface area (Å²) in [6.07, 6.45) is 2.40. The van der Waals surface area contributed by atoms with Crippen molar-refractivity contribution in [3.8, 4) is 0 Å². The summed E-state index contributed by atoms with van der Waals surface area (Å²) < 4.78 is 4.77. The molecule has 30 heavy (non-hydrogen) atoms. The van der Waals surface area contributed by atoms with E-state index in [9.17, 15) is 9.59 Å². The van der Waals surface area contributed by atoms with Gasteiger partial charge in [-0.1, -0.05) is 41.9 Å². The molecular weight excluding hydrogens is 440 g/mol. The molecule has 1 aromatic heterocycles. The third-order valence-electron chi connectivity index (χ3n) is 4.38. The normalized spacial score (nSPS) is 11.7. The van der Waals surface area contributed by atoms with E-state index in [1.165, 1.54) is 30.2 Å². The number of nitrogens with zero attached hydrogens (tertiary/aromatic N) is 1. The first-order valence-electron chi connectivity index (χ1n) is 9.22. The standard InChI is InChI=1S/C22H21ClN2O3S2/c1-13-7-6-8-15(19(13)23)11-16-12-24-22(30-16)25-20(26)17-9-4-5-10-18(17)29-14(2)21(27)28-3/h4-10,12,14H,11H2,1-3H3,(H,24,25,26). The molecule has 5 nitrogen and oxygen atoms in total. The molecule has 3 aromatic rings. The van der Waals surface area contributed by atoms with Crippen LogP contribution in [0.25, 0.3) is 0 Å². The van der Waals surface area contributed by atoms with E-state index in [1.54, 1.807) is 25.3 Å². The van der Waals surface area contributed by atoms with Crippen LogP contribution in [-0.4, -0.2) is 29.2 Å². The monoisotopic (exact) mass is 460 g/mol. The molecule has 0 aliphatic heterocycles. The molecule has 1 atom stereocenters. The Balaban J connectivity index is 1.72. The SMILES string of the molecule is COC(=O)C(C)Sc1ccccc1C(=O)Nc1ncc(Cc2cccc(C)c2Cl)s1. The highest BCUT2D eigenvalue weighted by Crippen LogP contribution is 2.30. The topological polar surface area (TPSA) is 68.3 Å². The summed E-state index contributed by atoms with van der Waals surface area (Å²) in [7, 11) is 1.35. The Morgan fingerprint density at radius 2 is 2.00 bits per heavy atom. The number of hydrogen-bond acceptors (Lipinski definition) is 6. The minimum Gasteiger partial charge on any atom is -0.468 e. The number of thiazole rings is 1. The van der Waals surface area contributed by atoms with Gasteiger partial charge >= 0.3 is 5.97 Å². The molecule has 1 amide bonds. The molecule has 156 valence electrons. The fourth-order valence-electron chi connectivity index (χ4n) is 2.81. The van der Waals surface area contributed by atoms with Gasteiger partial charge in [0.25, 0.3) is 5.91 Å². The highest BCUT2D eigenvalue weighted by Gasteiger charge is 2.19. The first-order valence-corrected chi connectivity index (χ1v) is 11.3. The molecule has 1 N–H and O–H groups in total. The van der Waals surface area contributed by atoms with Crippen molar-refractivity contribution in [2.45, 2.75) is 30.4 Å². The third kappa shape index (κ3) is 5.41. The number of aromatic nitrogens is 1. The average molecular weight is 461 g/mol. The van der Waals surface area contributed by atoms with Crippen molar-refractivity contribution >= 4 is 51.7 Å². The molecule has 1 unspecified atom stereocenters. The molecule has 0 aliphatic carbocycles. The largest absolute Gasteiger partial charge is 0.468 e. The average Bonchev–Trinajstić information content (AvgIpc) is 3.17. The zero-order valence-corrected chi connectivity index (χ0v) is 19.2. The van der Waals surface area contributed by atoms with Crippen LogP contribution in [0.5, 0.6) is 0 Å². The molecule has 0 saturated heterocycles. The Morgan fingerprint density at radius 1 is 1.23 bits per heavy atom. The number of hydrogen-bond donors (Lipinski definition) is 1. The van der Waals surface area contributed by atoms with Crippen LogP contribution in [0.4, 0.5) is 5.13 Å². The molecule has 0 aliphatic rings. The second-order valence-electron chi connectivity index (χ2n) is 6.59. The summed E-state index contributed by atoms with van der Waals surface area (Å²) in [6.45, 7) is 3.72. The minimum atomic E-state index is -0.422. The Labute approximate surface area is 188 Å². The van der Waals surface area contributed by atoms with E-state index in [0.29, 0.717) is 22.0 Å². The van der Waals surface area contributed by atoms with Gasteiger partial charge in [0.15, 0.2) is 5.13 Å². The number of methoxy groups -OCH3 is 1. The molecule has 2 aromatic carbocycles. The van der Waals surface area contributed by atoms with Crippen LogP contribution in [0.3, 0.4) is 0 Å². The summed E-state index contributed by atoms with van der Waals surface area (Å²) in [5.74, 6) is -0.612. The second kappa shape index (κ2) is 10.1. The van der Waals surface area contributed by atoms with Crippen molar-refractivity contribution in [3.05, 3.63) is 75.3 Å². The highest BCUT2D eigenvalue weighted by atomic mass is 35.5. The summed E-state index contributed by atoms with van der Waals surface area (Å²) in [5, 5.41) is 3.70. The summed E-state index contributed by atoms with van der Waals surface area (Å²) in [4.78, 5) is 30.6. The van der Waals surface area contributed by atoms with Crippen LogP contribution in [0.2, 0.25) is 5.02 Å². The van der Waals surface area contributed by atoms with E-state index in [4.69, 9.17) is 16.3 Å². The fraction of sp³-hybridized carbons (Fsp3) is 0.227. The number of anilines is 1. The van der Waals surface area contributed by atoms with Gasteiger partial charge in [-0.2, -0.15) is 0 Å². The van der Waals surface area contributed by atoms with E-state index in [1.807, 2.05) is 37.3 Å². The highest BCUT2D eigenvalue weighted by molar-refractivity contribution is 8.00. The summed E-state index contributed by atoms with van der Waals surface area (Å²) >= 11 is 9.08. The number of aryl methyl sites for hydroxylation is 1. The number of amides is 1. The van der Waals surface area contributed by atoms with Crippen LogP contribution in [-0.2, 0) is 16.0 Å². The Morgan fingerprint density at radius 3 is 2.77 bits per heavy atom. The molecule has 8 heteroatoms.